The van der Waals surface area contributed by atoms with E-state index in [-0.39, 0.29) is 11.9 Å². The third-order valence-corrected chi connectivity index (χ3v) is 4.35. The Morgan fingerprint density at radius 1 is 1.40 bits per heavy atom. The maximum absolute atomic E-state index is 12.2. The highest BCUT2D eigenvalue weighted by Crippen LogP contribution is 2.20. The molecule has 0 aromatic heterocycles. The zero-order valence-electron chi connectivity index (χ0n) is 12.6. The minimum absolute atomic E-state index is 0.250. The van der Waals surface area contributed by atoms with Gasteiger partial charge in [-0.3, -0.25) is 4.79 Å². The first-order valence-electron chi connectivity index (χ1n) is 7.65. The summed E-state index contributed by atoms with van der Waals surface area (Å²) in [5, 5.41) is 0. The molecule has 0 aliphatic carbocycles. The van der Waals surface area contributed by atoms with Crippen LogP contribution in [0.5, 0.6) is 0 Å². The zero-order chi connectivity index (χ0) is 14.5. The SMILES string of the molecule is Cc1cccc(CCC(=O)N2CCC(C(C)N)CC2)c1. The number of hydrogen-bond acceptors (Lipinski definition) is 2. The highest BCUT2D eigenvalue weighted by Gasteiger charge is 2.24. The lowest BCUT2D eigenvalue weighted by molar-refractivity contribution is -0.132. The van der Waals surface area contributed by atoms with Crippen LogP contribution in [-0.4, -0.2) is 29.9 Å². The van der Waals surface area contributed by atoms with Crippen molar-refractivity contribution in [2.24, 2.45) is 11.7 Å². The number of hydrogen-bond donors (Lipinski definition) is 1. The van der Waals surface area contributed by atoms with Crippen LogP contribution in [0.15, 0.2) is 24.3 Å². The molecule has 0 saturated carbocycles. The molecular formula is C17H26N2O. The Bertz CT molecular complexity index is 448. The van der Waals surface area contributed by atoms with Gasteiger partial charge in [0.15, 0.2) is 0 Å². The number of likely N-dealkylation sites (tertiary alicyclic amines) is 1. The maximum atomic E-state index is 12.2. The summed E-state index contributed by atoms with van der Waals surface area (Å²) < 4.78 is 0. The van der Waals surface area contributed by atoms with E-state index in [4.69, 9.17) is 5.73 Å². The Morgan fingerprint density at radius 3 is 2.70 bits per heavy atom. The molecule has 1 fully saturated rings. The average molecular weight is 274 g/mol. The molecule has 1 aromatic carbocycles. The Morgan fingerprint density at radius 2 is 2.10 bits per heavy atom. The van der Waals surface area contributed by atoms with E-state index in [2.05, 4.69) is 38.1 Å². The lowest BCUT2D eigenvalue weighted by Gasteiger charge is -2.33. The molecule has 2 N–H and O–H groups in total. The second-order valence-corrected chi connectivity index (χ2v) is 6.07. The standard InChI is InChI=1S/C17H26N2O/c1-13-4-3-5-15(12-13)6-7-17(20)19-10-8-16(9-11-19)14(2)18/h3-5,12,14,16H,6-11,18H2,1-2H3. The first-order valence-corrected chi connectivity index (χ1v) is 7.65. The van der Waals surface area contributed by atoms with Crippen molar-refractivity contribution < 1.29 is 4.79 Å². The van der Waals surface area contributed by atoms with Crippen LogP contribution in [0.4, 0.5) is 0 Å². The van der Waals surface area contributed by atoms with Gasteiger partial charge < -0.3 is 10.6 Å². The molecule has 1 saturated heterocycles. The van der Waals surface area contributed by atoms with Gasteiger partial charge in [-0.25, -0.2) is 0 Å². The normalized spacial score (nSPS) is 18.1. The van der Waals surface area contributed by atoms with Crippen molar-refractivity contribution in [1.82, 2.24) is 4.90 Å². The summed E-state index contributed by atoms with van der Waals surface area (Å²) in [5.74, 6) is 0.866. The highest BCUT2D eigenvalue weighted by molar-refractivity contribution is 5.76. The number of carbonyl (C=O) groups is 1. The van der Waals surface area contributed by atoms with Crippen LogP contribution in [0.25, 0.3) is 0 Å². The number of nitrogens with zero attached hydrogens (tertiary/aromatic N) is 1. The molecule has 2 rings (SSSR count). The van der Waals surface area contributed by atoms with Gasteiger partial charge in [-0.05, 0) is 44.6 Å². The van der Waals surface area contributed by atoms with Crippen molar-refractivity contribution in [3.05, 3.63) is 35.4 Å². The summed E-state index contributed by atoms with van der Waals surface area (Å²) >= 11 is 0. The molecular weight excluding hydrogens is 248 g/mol. The van der Waals surface area contributed by atoms with E-state index in [1.807, 2.05) is 4.90 Å². The number of amides is 1. The third-order valence-electron chi connectivity index (χ3n) is 4.35. The molecule has 20 heavy (non-hydrogen) atoms. The molecule has 3 heteroatoms. The highest BCUT2D eigenvalue weighted by atomic mass is 16.2. The maximum Gasteiger partial charge on any atom is 0.222 e. The first-order chi connectivity index (χ1) is 9.56. The Balaban J connectivity index is 1.78. The fraction of sp³-hybridized carbons (Fsp3) is 0.588. The van der Waals surface area contributed by atoms with Gasteiger partial charge in [-0.2, -0.15) is 0 Å². The van der Waals surface area contributed by atoms with E-state index in [1.165, 1.54) is 11.1 Å². The van der Waals surface area contributed by atoms with Crippen molar-refractivity contribution in [3.8, 4) is 0 Å². The molecule has 0 spiro atoms. The van der Waals surface area contributed by atoms with Crippen LogP contribution in [0, 0.1) is 12.8 Å². The van der Waals surface area contributed by atoms with Gasteiger partial charge in [0.1, 0.15) is 0 Å². The van der Waals surface area contributed by atoms with Crippen LogP contribution < -0.4 is 5.73 Å². The van der Waals surface area contributed by atoms with E-state index in [1.54, 1.807) is 0 Å². The van der Waals surface area contributed by atoms with E-state index >= 15 is 0 Å². The zero-order valence-corrected chi connectivity index (χ0v) is 12.6. The third kappa shape index (κ3) is 4.07. The molecule has 1 aliphatic heterocycles. The second kappa shape index (κ2) is 6.89. The van der Waals surface area contributed by atoms with Crippen LogP contribution >= 0.6 is 0 Å². The summed E-state index contributed by atoms with van der Waals surface area (Å²) in [6.45, 7) is 5.90. The monoisotopic (exact) mass is 274 g/mol. The molecule has 1 heterocycles. The summed E-state index contributed by atoms with van der Waals surface area (Å²) in [6.07, 6.45) is 3.56. The fourth-order valence-electron chi connectivity index (χ4n) is 2.95. The van der Waals surface area contributed by atoms with E-state index in [0.717, 1.165) is 32.4 Å². The Kier molecular flexibility index (Phi) is 5.18. The van der Waals surface area contributed by atoms with E-state index < -0.39 is 0 Å². The molecule has 1 atom stereocenters. The number of rotatable bonds is 4. The lowest BCUT2D eigenvalue weighted by Crippen LogP contribution is -2.42. The van der Waals surface area contributed by atoms with Crippen molar-refractivity contribution in [2.75, 3.05) is 13.1 Å². The van der Waals surface area contributed by atoms with Gasteiger partial charge in [0, 0.05) is 25.6 Å². The molecule has 0 bridgehead atoms. The van der Waals surface area contributed by atoms with Crippen molar-refractivity contribution >= 4 is 5.91 Å². The number of piperidine rings is 1. The summed E-state index contributed by atoms with van der Waals surface area (Å²) in [6, 6.07) is 8.66. The smallest absolute Gasteiger partial charge is 0.222 e. The van der Waals surface area contributed by atoms with Gasteiger partial charge in [0.2, 0.25) is 5.91 Å². The van der Waals surface area contributed by atoms with Crippen molar-refractivity contribution in [1.29, 1.82) is 0 Å². The quantitative estimate of drug-likeness (QED) is 0.917. The van der Waals surface area contributed by atoms with Gasteiger partial charge >= 0.3 is 0 Å². The number of aryl methyl sites for hydroxylation is 2. The Hall–Kier alpha value is -1.35. The van der Waals surface area contributed by atoms with Crippen LogP contribution in [0.3, 0.4) is 0 Å². The molecule has 1 unspecified atom stereocenters. The van der Waals surface area contributed by atoms with Crippen molar-refractivity contribution in [2.45, 2.75) is 45.6 Å². The topological polar surface area (TPSA) is 46.3 Å². The minimum Gasteiger partial charge on any atom is -0.343 e. The summed E-state index contributed by atoms with van der Waals surface area (Å²) in [4.78, 5) is 14.2. The van der Waals surface area contributed by atoms with E-state index in [0.29, 0.717) is 12.3 Å². The van der Waals surface area contributed by atoms with Gasteiger partial charge in [0.05, 0.1) is 0 Å². The minimum atomic E-state index is 0.250. The second-order valence-electron chi connectivity index (χ2n) is 6.07. The molecule has 1 amide bonds. The number of benzene rings is 1. The number of carbonyl (C=O) groups excluding carboxylic acids is 1. The van der Waals surface area contributed by atoms with Crippen LogP contribution in [0.1, 0.15) is 37.3 Å². The average Bonchev–Trinajstić information content (AvgIpc) is 2.45. The molecule has 3 nitrogen and oxygen atoms in total. The van der Waals surface area contributed by atoms with Gasteiger partial charge in [-0.1, -0.05) is 29.8 Å². The van der Waals surface area contributed by atoms with Crippen LogP contribution in [0.2, 0.25) is 0 Å². The largest absolute Gasteiger partial charge is 0.343 e. The summed E-state index contributed by atoms with van der Waals surface area (Å²) in [5.41, 5.74) is 8.44. The fourth-order valence-corrected chi connectivity index (χ4v) is 2.95. The van der Waals surface area contributed by atoms with Crippen LogP contribution in [-0.2, 0) is 11.2 Å². The predicted molar refractivity (Wildman–Crippen MR) is 82.5 cm³/mol. The number of nitrogens with two attached hydrogens (primary N) is 1. The molecule has 1 aromatic rings. The molecule has 110 valence electrons. The van der Waals surface area contributed by atoms with Crippen molar-refractivity contribution in [3.63, 3.8) is 0 Å². The lowest BCUT2D eigenvalue weighted by atomic mass is 9.91. The predicted octanol–water partition coefficient (Wildman–Crippen LogP) is 2.51. The first kappa shape index (κ1) is 15.0. The molecule has 0 radical (unpaired) electrons. The Labute approximate surface area is 122 Å². The molecule has 1 aliphatic rings. The summed E-state index contributed by atoms with van der Waals surface area (Å²) in [7, 11) is 0. The van der Waals surface area contributed by atoms with Gasteiger partial charge in [-0.15, -0.1) is 0 Å². The van der Waals surface area contributed by atoms with E-state index in [9.17, 15) is 4.79 Å². The van der Waals surface area contributed by atoms with Gasteiger partial charge in [0.25, 0.3) is 0 Å².